The van der Waals surface area contributed by atoms with Gasteiger partial charge in [-0.3, -0.25) is 4.79 Å². The summed E-state index contributed by atoms with van der Waals surface area (Å²) < 4.78 is 3.84. The van der Waals surface area contributed by atoms with Crippen LogP contribution in [0, 0.1) is 6.92 Å². The highest BCUT2D eigenvalue weighted by atomic mass is 79.9. The molecule has 0 bridgehead atoms. The topological polar surface area (TPSA) is 46.1 Å². The molecule has 2 rings (SSSR count). The molecule has 1 aromatic rings. The molecule has 0 saturated carbocycles. The summed E-state index contributed by atoms with van der Waals surface area (Å²) in [7, 11) is 0. The lowest BCUT2D eigenvalue weighted by Crippen LogP contribution is -2.35. The first-order chi connectivity index (χ1) is 8.24. The van der Waals surface area contributed by atoms with E-state index in [1.165, 1.54) is 11.5 Å². The molecule has 1 amide bonds. The largest absolute Gasteiger partial charge is 0.335 e. The number of alkyl halides is 1. The molecule has 2 heterocycles. The SMILES string of the molecule is Cc1nnsc1C(=O)N1CCCC1CCCBr. The van der Waals surface area contributed by atoms with Crippen LogP contribution in [0.15, 0.2) is 0 Å². The van der Waals surface area contributed by atoms with Gasteiger partial charge in [0.1, 0.15) is 4.88 Å². The van der Waals surface area contributed by atoms with E-state index in [4.69, 9.17) is 0 Å². The lowest BCUT2D eigenvalue weighted by atomic mass is 10.1. The summed E-state index contributed by atoms with van der Waals surface area (Å²) in [6.07, 6.45) is 4.45. The smallest absolute Gasteiger partial charge is 0.267 e. The molecule has 1 unspecified atom stereocenters. The highest BCUT2D eigenvalue weighted by Gasteiger charge is 2.30. The van der Waals surface area contributed by atoms with Crippen LogP contribution in [0.5, 0.6) is 0 Å². The molecule has 94 valence electrons. The third kappa shape index (κ3) is 2.85. The van der Waals surface area contributed by atoms with Crippen molar-refractivity contribution in [1.82, 2.24) is 14.5 Å². The number of hydrogen-bond donors (Lipinski definition) is 0. The molecule has 1 aliphatic rings. The Morgan fingerprint density at radius 1 is 1.65 bits per heavy atom. The number of likely N-dealkylation sites (tertiary alicyclic amines) is 1. The Morgan fingerprint density at radius 3 is 3.12 bits per heavy atom. The van der Waals surface area contributed by atoms with Gasteiger partial charge in [0.25, 0.3) is 5.91 Å². The number of amides is 1. The molecule has 0 radical (unpaired) electrons. The fraction of sp³-hybridized carbons (Fsp3) is 0.727. The van der Waals surface area contributed by atoms with Crippen LogP contribution >= 0.6 is 27.5 Å². The fourth-order valence-electron chi connectivity index (χ4n) is 2.27. The molecule has 4 nitrogen and oxygen atoms in total. The Balaban J connectivity index is 2.06. The molecular formula is C11H16BrN3OS. The zero-order valence-corrected chi connectivity index (χ0v) is 12.3. The van der Waals surface area contributed by atoms with Crippen LogP contribution in [-0.2, 0) is 0 Å². The lowest BCUT2D eigenvalue weighted by molar-refractivity contribution is 0.0734. The molecule has 1 atom stereocenters. The number of carbonyl (C=O) groups is 1. The molecule has 1 saturated heterocycles. The highest BCUT2D eigenvalue weighted by molar-refractivity contribution is 9.09. The predicted molar refractivity (Wildman–Crippen MR) is 71.7 cm³/mol. The molecule has 0 aromatic carbocycles. The molecule has 1 aromatic heterocycles. The Hall–Kier alpha value is -0.490. The van der Waals surface area contributed by atoms with E-state index in [1.807, 2.05) is 11.8 Å². The Bertz CT molecular complexity index is 396. The molecule has 0 N–H and O–H groups in total. The molecule has 6 heteroatoms. The maximum atomic E-state index is 12.3. The van der Waals surface area contributed by atoms with Crippen LogP contribution in [0.4, 0.5) is 0 Å². The zero-order chi connectivity index (χ0) is 12.3. The van der Waals surface area contributed by atoms with Crippen LogP contribution < -0.4 is 0 Å². The van der Waals surface area contributed by atoms with Crippen molar-refractivity contribution in [2.75, 3.05) is 11.9 Å². The van der Waals surface area contributed by atoms with Crippen LogP contribution in [0.2, 0.25) is 0 Å². The number of aryl methyl sites for hydroxylation is 1. The van der Waals surface area contributed by atoms with E-state index in [0.29, 0.717) is 10.9 Å². The molecular weight excluding hydrogens is 302 g/mol. The van der Waals surface area contributed by atoms with Gasteiger partial charge in [0.2, 0.25) is 0 Å². The number of carbonyl (C=O) groups excluding carboxylic acids is 1. The summed E-state index contributed by atoms with van der Waals surface area (Å²) in [6.45, 7) is 2.73. The van der Waals surface area contributed by atoms with E-state index < -0.39 is 0 Å². The lowest BCUT2D eigenvalue weighted by Gasteiger charge is -2.23. The second kappa shape index (κ2) is 5.91. The van der Waals surface area contributed by atoms with E-state index in [2.05, 4.69) is 25.5 Å². The fourth-order valence-corrected chi connectivity index (χ4v) is 3.21. The monoisotopic (exact) mass is 317 g/mol. The second-order valence-corrected chi connectivity index (χ2v) is 5.86. The van der Waals surface area contributed by atoms with Crippen molar-refractivity contribution in [2.24, 2.45) is 0 Å². The van der Waals surface area contributed by atoms with Crippen LogP contribution in [0.3, 0.4) is 0 Å². The summed E-state index contributed by atoms with van der Waals surface area (Å²) in [5.74, 6) is 0.120. The molecule has 17 heavy (non-hydrogen) atoms. The van der Waals surface area contributed by atoms with E-state index >= 15 is 0 Å². The van der Waals surface area contributed by atoms with Gasteiger partial charge in [0.05, 0.1) is 5.69 Å². The predicted octanol–water partition coefficient (Wildman–Crippen LogP) is 2.63. The average Bonchev–Trinajstić information content (AvgIpc) is 2.94. The van der Waals surface area contributed by atoms with E-state index in [0.717, 1.165) is 43.3 Å². The molecule has 0 spiro atoms. The quantitative estimate of drug-likeness (QED) is 0.802. The number of hydrogen-bond acceptors (Lipinski definition) is 4. The van der Waals surface area contributed by atoms with Crippen LogP contribution in [0.1, 0.15) is 41.0 Å². The van der Waals surface area contributed by atoms with Gasteiger partial charge in [-0.25, -0.2) is 0 Å². The van der Waals surface area contributed by atoms with Gasteiger partial charge in [-0.1, -0.05) is 20.4 Å². The minimum absolute atomic E-state index is 0.120. The van der Waals surface area contributed by atoms with Gasteiger partial charge >= 0.3 is 0 Å². The van der Waals surface area contributed by atoms with Crippen molar-refractivity contribution in [3.63, 3.8) is 0 Å². The Kier molecular flexibility index (Phi) is 4.50. The Morgan fingerprint density at radius 2 is 2.47 bits per heavy atom. The Labute approximate surface area is 114 Å². The molecule has 1 fully saturated rings. The first-order valence-electron chi connectivity index (χ1n) is 5.90. The maximum absolute atomic E-state index is 12.3. The van der Waals surface area contributed by atoms with Gasteiger partial charge in [-0.2, -0.15) is 0 Å². The minimum Gasteiger partial charge on any atom is -0.335 e. The third-order valence-corrected chi connectivity index (χ3v) is 4.53. The van der Waals surface area contributed by atoms with Gasteiger partial charge in [0.15, 0.2) is 0 Å². The van der Waals surface area contributed by atoms with Gasteiger partial charge < -0.3 is 4.90 Å². The van der Waals surface area contributed by atoms with Gasteiger partial charge in [-0.05, 0) is 44.1 Å². The minimum atomic E-state index is 0.120. The van der Waals surface area contributed by atoms with E-state index in [9.17, 15) is 4.79 Å². The number of aromatic nitrogens is 2. The summed E-state index contributed by atoms with van der Waals surface area (Å²) in [5, 5.41) is 4.92. The second-order valence-electron chi connectivity index (χ2n) is 4.31. The van der Waals surface area contributed by atoms with Gasteiger partial charge in [0, 0.05) is 17.9 Å². The third-order valence-electron chi connectivity index (χ3n) is 3.15. The first-order valence-corrected chi connectivity index (χ1v) is 7.79. The first kappa shape index (κ1) is 13.0. The van der Waals surface area contributed by atoms with Crippen molar-refractivity contribution in [2.45, 2.75) is 38.6 Å². The number of rotatable bonds is 4. The number of nitrogens with zero attached hydrogens (tertiary/aromatic N) is 3. The molecule has 1 aliphatic heterocycles. The van der Waals surface area contributed by atoms with Crippen molar-refractivity contribution in [3.05, 3.63) is 10.6 Å². The van der Waals surface area contributed by atoms with Crippen molar-refractivity contribution in [1.29, 1.82) is 0 Å². The average molecular weight is 318 g/mol. The zero-order valence-electron chi connectivity index (χ0n) is 9.86. The summed E-state index contributed by atoms with van der Waals surface area (Å²) in [5.41, 5.74) is 0.756. The highest BCUT2D eigenvalue weighted by Crippen LogP contribution is 2.25. The van der Waals surface area contributed by atoms with Crippen LogP contribution in [0.25, 0.3) is 0 Å². The van der Waals surface area contributed by atoms with Crippen molar-refractivity contribution >= 4 is 33.4 Å². The summed E-state index contributed by atoms with van der Waals surface area (Å²) in [4.78, 5) is 15.1. The van der Waals surface area contributed by atoms with Crippen molar-refractivity contribution < 1.29 is 4.79 Å². The summed E-state index contributed by atoms with van der Waals surface area (Å²) in [6, 6.07) is 0.404. The number of halogens is 1. The summed E-state index contributed by atoms with van der Waals surface area (Å²) >= 11 is 4.65. The van der Waals surface area contributed by atoms with E-state index in [1.54, 1.807) is 0 Å². The standard InChI is InChI=1S/C11H16BrN3OS/c1-8-10(17-14-13-8)11(16)15-7-3-5-9(15)4-2-6-12/h9H,2-7H2,1H3. The van der Waals surface area contributed by atoms with Crippen molar-refractivity contribution in [3.8, 4) is 0 Å². The normalized spacial score (nSPS) is 19.9. The van der Waals surface area contributed by atoms with E-state index in [-0.39, 0.29) is 5.91 Å². The molecule has 0 aliphatic carbocycles. The van der Waals surface area contributed by atoms with Crippen LogP contribution in [-0.4, -0.2) is 38.3 Å². The van der Waals surface area contributed by atoms with Gasteiger partial charge in [-0.15, -0.1) is 5.10 Å². The maximum Gasteiger partial charge on any atom is 0.267 e.